The molecule has 1 N–H and O–H groups in total. The fourth-order valence-electron chi connectivity index (χ4n) is 3.69. The minimum Gasteiger partial charge on any atom is -0.495 e. The van der Waals surface area contributed by atoms with E-state index >= 15 is 0 Å². The Morgan fingerprint density at radius 2 is 1.79 bits per heavy atom. The molecule has 34 heavy (non-hydrogen) atoms. The summed E-state index contributed by atoms with van der Waals surface area (Å²) < 4.78 is 6.99. The van der Waals surface area contributed by atoms with Gasteiger partial charge in [-0.3, -0.25) is 14.2 Å². The highest BCUT2D eigenvalue weighted by molar-refractivity contribution is 8.00. The number of nitrogens with one attached hydrogen (secondary N) is 1. The van der Waals surface area contributed by atoms with E-state index in [9.17, 15) is 9.59 Å². The summed E-state index contributed by atoms with van der Waals surface area (Å²) in [5.74, 6) is 0.337. The highest BCUT2D eigenvalue weighted by Crippen LogP contribution is 2.30. The van der Waals surface area contributed by atoms with Gasteiger partial charge in [0.1, 0.15) is 5.75 Å². The van der Waals surface area contributed by atoms with Gasteiger partial charge < -0.3 is 10.1 Å². The van der Waals surface area contributed by atoms with Gasteiger partial charge in [-0.2, -0.15) is 0 Å². The Labute approximate surface area is 206 Å². The molecule has 0 radical (unpaired) electrons. The van der Waals surface area contributed by atoms with Gasteiger partial charge in [-0.05, 0) is 62.2 Å². The summed E-state index contributed by atoms with van der Waals surface area (Å²) in [5, 5.41) is 3.75. The van der Waals surface area contributed by atoms with Crippen LogP contribution in [-0.4, -0.2) is 27.8 Å². The van der Waals surface area contributed by atoms with E-state index < -0.39 is 5.25 Å². The maximum atomic E-state index is 13.6. The zero-order chi connectivity index (χ0) is 24.4. The number of fused-ring (bicyclic) bond motifs is 1. The molecule has 0 saturated carbocycles. The van der Waals surface area contributed by atoms with Crippen molar-refractivity contribution in [2.24, 2.45) is 0 Å². The van der Waals surface area contributed by atoms with Crippen LogP contribution in [0.15, 0.2) is 70.6 Å². The lowest BCUT2D eigenvalue weighted by atomic mass is 10.1. The number of halogens is 1. The second-order valence-electron chi connectivity index (χ2n) is 7.88. The van der Waals surface area contributed by atoms with Crippen molar-refractivity contribution in [1.29, 1.82) is 0 Å². The van der Waals surface area contributed by atoms with Crippen LogP contribution in [0.3, 0.4) is 0 Å². The first-order chi connectivity index (χ1) is 16.3. The topological polar surface area (TPSA) is 73.2 Å². The average Bonchev–Trinajstić information content (AvgIpc) is 2.81. The summed E-state index contributed by atoms with van der Waals surface area (Å²) in [6.07, 6.45) is 0. The van der Waals surface area contributed by atoms with Crippen LogP contribution < -0.4 is 15.6 Å². The number of para-hydroxylation sites is 3. The lowest BCUT2D eigenvalue weighted by Gasteiger charge is -2.19. The molecule has 6 nitrogen and oxygen atoms in total. The highest BCUT2D eigenvalue weighted by atomic mass is 35.5. The highest BCUT2D eigenvalue weighted by Gasteiger charge is 2.22. The predicted molar refractivity (Wildman–Crippen MR) is 139 cm³/mol. The minimum absolute atomic E-state index is 0.186. The number of aryl methyl sites for hydroxylation is 2. The Hall–Kier alpha value is -3.29. The zero-order valence-corrected chi connectivity index (χ0v) is 20.8. The first-order valence-corrected chi connectivity index (χ1v) is 12.0. The van der Waals surface area contributed by atoms with Gasteiger partial charge in [0.2, 0.25) is 5.91 Å². The van der Waals surface area contributed by atoms with Gasteiger partial charge in [0.05, 0.1) is 29.0 Å². The number of aromatic nitrogens is 2. The number of carbonyl (C=O) groups is 1. The van der Waals surface area contributed by atoms with Crippen molar-refractivity contribution >= 4 is 45.9 Å². The SMILES string of the molecule is COc1ccccc1-n1c(SC(C)C(=O)Nc2c(C)cccc2C)nc2cc(Cl)ccc2c1=O. The second-order valence-corrected chi connectivity index (χ2v) is 9.63. The molecule has 8 heteroatoms. The lowest BCUT2D eigenvalue weighted by Crippen LogP contribution is -2.27. The van der Waals surface area contributed by atoms with Gasteiger partial charge in [-0.15, -0.1) is 0 Å². The monoisotopic (exact) mass is 493 g/mol. The number of amides is 1. The molecule has 174 valence electrons. The summed E-state index contributed by atoms with van der Waals surface area (Å²) in [6.45, 7) is 5.69. The van der Waals surface area contributed by atoms with Gasteiger partial charge in [0.15, 0.2) is 5.16 Å². The van der Waals surface area contributed by atoms with Crippen LogP contribution in [0.25, 0.3) is 16.6 Å². The number of carbonyl (C=O) groups excluding carboxylic acids is 1. The molecule has 0 aliphatic heterocycles. The van der Waals surface area contributed by atoms with E-state index in [4.69, 9.17) is 21.3 Å². The number of benzene rings is 3. The van der Waals surface area contributed by atoms with Gasteiger partial charge in [-0.1, -0.05) is 53.7 Å². The van der Waals surface area contributed by atoms with Crippen LogP contribution >= 0.6 is 23.4 Å². The molecule has 1 atom stereocenters. The normalized spacial score (nSPS) is 11.9. The molecule has 1 heterocycles. The summed E-state index contributed by atoms with van der Waals surface area (Å²) in [7, 11) is 1.55. The second kappa shape index (κ2) is 9.91. The van der Waals surface area contributed by atoms with Crippen LogP contribution in [0.2, 0.25) is 5.02 Å². The van der Waals surface area contributed by atoms with E-state index in [1.807, 2.05) is 44.2 Å². The van der Waals surface area contributed by atoms with E-state index in [0.29, 0.717) is 32.5 Å². The molecule has 4 rings (SSSR count). The predicted octanol–water partition coefficient (Wildman–Crippen LogP) is 5.78. The Morgan fingerprint density at radius 1 is 1.09 bits per heavy atom. The third kappa shape index (κ3) is 4.67. The van der Waals surface area contributed by atoms with Crippen molar-refractivity contribution in [1.82, 2.24) is 9.55 Å². The van der Waals surface area contributed by atoms with E-state index in [1.165, 1.54) is 16.3 Å². The van der Waals surface area contributed by atoms with Crippen LogP contribution in [0.1, 0.15) is 18.1 Å². The molecule has 0 spiro atoms. The summed E-state index contributed by atoms with van der Waals surface area (Å²) in [6, 6.07) is 18.0. The van der Waals surface area contributed by atoms with E-state index in [-0.39, 0.29) is 11.5 Å². The van der Waals surface area contributed by atoms with Crippen LogP contribution in [0.4, 0.5) is 5.69 Å². The number of hydrogen-bond acceptors (Lipinski definition) is 5. The van der Waals surface area contributed by atoms with Crippen molar-refractivity contribution in [2.75, 3.05) is 12.4 Å². The maximum absolute atomic E-state index is 13.6. The molecule has 0 aliphatic carbocycles. The van der Waals surface area contributed by atoms with Crippen LogP contribution in [-0.2, 0) is 4.79 Å². The molecule has 0 bridgehead atoms. The first kappa shape index (κ1) is 23.9. The molecule has 1 unspecified atom stereocenters. The lowest BCUT2D eigenvalue weighted by molar-refractivity contribution is -0.115. The largest absolute Gasteiger partial charge is 0.495 e. The average molecular weight is 494 g/mol. The van der Waals surface area contributed by atoms with E-state index in [1.54, 1.807) is 44.4 Å². The summed E-state index contributed by atoms with van der Waals surface area (Å²) in [5.41, 5.74) is 3.50. The van der Waals surface area contributed by atoms with Gasteiger partial charge in [-0.25, -0.2) is 4.98 Å². The van der Waals surface area contributed by atoms with Crippen molar-refractivity contribution < 1.29 is 9.53 Å². The van der Waals surface area contributed by atoms with E-state index in [2.05, 4.69) is 5.32 Å². The van der Waals surface area contributed by atoms with Crippen molar-refractivity contribution in [3.8, 4) is 11.4 Å². The third-order valence-corrected chi connectivity index (χ3v) is 6.79. The Balaban J connectivity index is 1.79. The molecule has 1 aromatic heterocycles. The molecule has 0 aliphatic rings. The van der Waals surface area contributed by atoms with Gasteiger partial charge in [0.25, 0.3) is 5.56 Å². The van der Waals surface area contributed by atoms with Gasteiger partial charge in [0, 0.05) is 10.7 Å². The number of ether oxygens (including phenoxy) is 1. The Morgan fingerprint density at radius 3 is 2.50 bits per heavy atom. The fraction of sp³-hybridized carbons (Fsp3) is 0.192. The molecule has 1 amide bonds. The molecule has 0 fully saturated rings. The van der Waals surface area contributed by atoms with Crippen molar-refractivity contribution in [2.45, 2.75) is 31.2 Å². The summed E-state index contributed by atoms with van der Waals surface area (Å²) in [4.78, 5) is 31.4. The third-order valence-electron chi connectivity index (χ3n) is 5.51. The molecule has 0 saturated heterocycles. The van der Waals surface area contributed by atoms with Crippen molar-refractivity contribution in [3.05, 3.63) is 87.2 Å². The summed E-state index contributed by atoms with van der Waals surface area (Å²) >= 11 is 7.36. The van der Waals surface area contributed by atoms with Crippen molar-refractivity contribution in [3.63, 3.8) is 0 Å². The quantitative estimate of drug-likeness (QED) is 0.272. The molecular formula is C26H24ClN3O3S. The van der Waals surface area contributed by atoms with E-state index in [0.717, 1.165) is 16.8 Å². The minimum atomic E-state index is -0.538. The molecular weight excluding hydrogens is 470 g/mol. The standard InChI is InChI=1S/C26H24ClN3O3S/c1-15-8-7-9-16(2)23(15)29-24(31)17(3)34-26-28-20-14-18(27)12-13-19(20)25(32)30(26)21-10-5-6-11-22(21)33-4/h5-14,17H,1-4H3,(H,29,31). The molecule has 4 aromatic rings. The fourth-order valence-corrected chi connectivity index (χ4v) is 4.78. The van der Waals surface area contributed by atoms with Gasteiger partial charge >= 0.3 is 0 Å². The number of rotatable bonds is 6. The Kier molecular flexibility index (Phi) is 6.95. The number of thioether (sulfide) groups is 1. The molecule has 3 aromatic carbocycles. The number of nitrogens with zero attached hydrogens (tertiary/aromatic N) is 2. The zero-order valence-electron chi connectivity index (χ0n) is 19.3. The first-order valence-electron chi connectivity index (χ1n) is 10.7. The number of hydrogen-bond donors (Lipinski definition) is 1. The maximum Gasteiger partial charge on any atom is 0.266 e. The number of methoxy groups -OCH3 is 1. The van der Waals surface area contributed by atoms with Crippen LogP contribution in [0, 0.1) is 13.8 Å². The Bertz CT molecular complexity index is 1430. The number of anilines is 1. The van der Waals surface area contributed by atoms with Crippen LogP contribution in [0.5, 0.6) is 5.75 Å². The smallest absolute Gasteiger partial charge is 0.266 e.